The highest BCUT2D eigenvalue weighted by Crippen LogP contribution is 2.51. The molecule has 0 heterocycles. The maximum atomic E-state index is 5.46. The fraction of sp³-hybridized carbons (Fsp3) is 1.00. The van der Waals surface area contributed by atoms with E-state index >= 15 is 0 Å². The minimum absolute atomic E-state index is 0.610. The fourth-order valence-electron chi connectivity index (χ4n) is 1.66. The molecule has 0 radical (unpaired) electrons. The first-order valence-corrected chi connectivity index (χ1v) is 3.87. The molecule has 0 aliphatic heterocycles. The second-order valence-electron chi connectivity index (χ2n) is 3.80. The Kier molecular flexibility index (Phi) is 1.85. The van der Waals surface area contributed by atoms with Crippen LogP contribution in [0.3, 0.4) is 0 Å². The van der Waals surface area contributed by atoms with Gasteiger partial charge in [0.1, 0.15) is 7.85 Å². The first kappa shape index (κ1) is 7.14. The molecule has 0 amide bonds. The Morgan fingerprint density at radius 1 is 1.78 bits per heavy atom. The highest BCUT2D eigenvalue weighted by molar-refractivity contribution is 6.15. The number of rotatable bonds is 2. The van der Waals surface area contributed by atoms with Gasteiger partial charge in [-0.2, -0.15) is 0 Å². The van der Waals surface area contributed by atoms with Crippen molar-refractivity contribution in [3.05, 3.63) is 0 Å². The zero-order chi connectivity index (χ0) is 6.91. The van der Waals surface area contributed by atoms with Gasteiger partial charge in [0, 0.05) is 0 Å². The molecule has 1 rings (SSSR count). The molecule has 0 aromatic heterocycles. The molecule has 2 unspecified atom stereocenters. The van der Waals surface area contributed by atoms with Crippen LogP contribution in [0.1, 0.15) is 26.2 Å². The zero-order valence-corrected chi connectivity index (χ0v) is 6.48. The van der Waals surface area contributed by atoms with Crippen LogP contribution in [0, 0.1) is 5.92 Å². The van der Waals surface area contributed by atoms with E-state index < -0.39 is 0 Å². The maximum Gasteiger partial charge on any atom is 0.109 e. The molecule has 1 fully saturated rings. The maximum absolute atomic E-state index is 5.46. The van der Waals surface area contributed by atoms with E-state index in [4.69, 9.17) is 5.73 Å². The highest BCUT2D eigenvalue weighted by Gasteiger charge is 2.36. The molecule has 2 atom stereocenters. The Labute approximate surface area is 58.4 Å². The van der Waals surface area contributed by atoms with E-state index in [1.807, 2.05) is 0 Å². The minimum atomic E-state index is 0.610. The molecule has 9 heavy (non-hydrogen) atoms. The lowest BCUT2D eigenvalue weighted by Crippen LogP contribution is -2.32. The Balaban J connectivity index is 2.28. The van der Waals surface area contributed by atoms with Gasteiger partial charge in [-0.25, -0.2) is 0 Å². The van der Waals surface area contributed by atoms with E-state index in [0.717, 1.165) is 12.5 Å². The highest BCUT2D eigenvalue weighted by atomic mass is 14.5. The molecule has 0 spiro atoms. The van der Waals surface area contributed by atoms with Crippen molar-refractivity contribution in [1.82, 2.24) is 0 Å². The first-order valence-electron chi connectivity index (χ1n) is 3.87. The molecular weight excluding hydrogens is 109 g/mol. The van der Waals surface area contributed by atoms with Crippen molar-refractivity contribution in [1.29, 1.82) is 0 Å². The lowest BCUT2D eigenvalue weighted by atomic mass is 9.49. The molecule has 0 aromatic rings. The van der Waals surface area contributed by atoms with Gasteiger partial charge in [-0.05, 0) is 18.9 Å². The first-order chi connectivity index (χ1) is 4.17. The second kappa shape index (κ2) is 2.33. The lowest BCUT2D eigenvalue weighted by molar-refractivity contribution is 0.206. The van der Waals surface area contributed by atoms with Gasteiger partial charge < -0.3 is 5.73 Å². The number of hydrogen-bond donors (Lipinski definition) is 1. The van der Waals surface area contributed by atoms with E-state index in [2.05, 4.69) is 14.8 Å². The summed E-state index contributed by atoms with van der Waals surface area (Å²) in [5.74, 6) is 0.919. The van der Waals surface area contributed by atoms with Crippen LogP contribution >= 0.6 is 0 Å². The van der Waals surface area contributed by atoms with E-state index in [1.54, 1.807) is 0 Å². The third-order valence-electron chi connectivity index (χ3n) is 2.76. The smallest absolute Gasteiger partial charge is 0.109 e. The number of nitrogens with two attached hydrogens (primary N) is 1. The normalized spacial score (nSPS) is 42.2. The lowest BCUT2D eigenvalue weighted by Gasteiger charge is -2.44. The van der Waals surface area contributed by atoms with Gasteiger partial charge in [0.2, 0.25) is 0 Å². The van der Waals surface area contributed by atoms with Crippen LogP contribution in [-0.4, -0.2) is 14.4 Å². The van der Waals surface area contributed by atoms with Crippen molar-refractivity contribution in [3.63, 3.8) is 0 Å². The van der Waals surface area contributed by atoms with E-state index in [1.165, 1.54) is 19.3 Å². The average Bonchev–Trinajstić information content (AvgIpc) is 1.81. The Bertz CT molecular complexity index is 101. The van der Waals surface area contributed by atoms with Crippen molar-refractivity contribution in [2.75, 3.05) is 6.54 Å². The van der Waals surface area contributed by atoms with Gasteiger partial charge in [-0.15, -0.1) is 0 Å². The van der Waals surface area contributed by atoms with Crippen LogP contribution in [-0.2, 0) is 0 Å². The summed E-state index contributed by atoms with van der Waals surface area (Å²) in [6.07, 6.45) is 4.04. The van der Waals surface area contributed by atoms with Crippen molar-refractivity contribution in [2.24, 2.45) is 11.7 Å². The molecular formula is C7H16BN. The predicted octanol–water partition coefficient (Wildman–Crippen LogP) is 0.557. The van der Waals surface area contributed by atoms with Crippen LogP contribution in [0.4, 0.5) is 0 Å². The van der Waals surface area contributed by atoms with Gasteiger partial charge in [0.05, 0.1) is 0 Å². The summed E-state index contributed by atoms with van der Waals surface area (Å²) in [5, 5.41) is 0.610. The van der Waals surface area contributed by atoms with Gasteiger partial charge in [-0.1, -0.05) is 25.1 Å². The fourth-order valence-corrected chi connectivity index (χ4v) is 1.66. The van der Waals surface area contributed by atoms with Gasteiger partial charge in [-0.3, -0.25) is 0 Å². The van der Waals surface area contributed by atoms with E-state index in [-0.39, 0.29) is 0 Å². The molecule has 0 saturated heterocycles. The molecule has 2 N–H and O–H groups in total. The zero-order valence-electron chi connectivity index (χ0n) is 6.48. The average molecular weight is 125 g/mol. The predicted molar refractivity (Wildman–Crippen MR) is 43.3 cm³/mol. The van der Waals surface area contributed by atoms with Crippen LogP contribution in [0.15, 0.2) is 0 Å². The summed E-state index contributed by atoms with van der Waals surface area (Å²) in [5.41, 5.74) is 5.46. The van der Waals surface area contributed by atoms with Crippen LogP contribution in [0.2, 0.25) is 5.31 Å². The SMILES string of the molecule is BC1(C)CCC1CCN. The third kappa shape index (κ3) is 1.29. The third-order valence-corrected chi connectivity index (χ3v) is 2.76. The number of hydrogen-bond acceptors (Lipinski definition) is 1. The standard InChI is InChI=1S/C7H16BN/c1-7(8)4-2-6(7)3-5-9/h6H,2-5,8-9H2,1H3. The van der Waals surface area contributed by atoms with E-state index in [9.17, 15) is 0 Å². The van der Waals surface area contributed by atoms with Crippen LogP contribution in [0.25, 0.3) is 0 Å². The summed E-state index contributed by atoms with van der Waals surface area (Å²) in [7, 11) is 2.34. The summed E-state index contributed by atoms with van der Waals surface area (Å²) >= 11 is 0. The van der Waals surface area contributed by atoms with E-state index in [0.29, 0.717) is 5.31 Å². The molecule has 0 bridgehead atoms. The Morgan fingerprint density at radius 2 is 2.44 bits per heavy atom. The van der Waals surface area contributed by atoms with Gasteiger partial charge in [0.15, 0.2) is 0 Å². The van der Waals surface area contributed by atoms with Crippen molar-refractivity contribution >= 4 is 7.85 Å². The Morgan fingerprint density at radius 3 is 2.56 bits per heavy atom. The van der Waals surface area contributed by atoms with Crippen molar-refractivity contribution < 1.29 is 0 Å². The summed E-state index contributed by atoms with van der Waals surface area (Å²) in [6, 6.07) is 0. The molecule has 1 aliphatic carbocycles. The molecule has 0 aromatic carbocycles. The topological polar surface area (TPSA) is 26.0 Å². The molecule has 2 heteroatoms. The quantitative estimate of drug-likeness (QED) is 0.536. The molecule has 1 saturated carbocycles. The summed E-state index contributed by atoms with van der Waals surface area (Å²) in [4.78, 5) is 0. The summed E-state index contributed by atoms with van der Waals surface area (Å²) in [6.45, 7) is 3.21. The second-order valence-corrected chi connectivity index (χ2v) is 3.80. The van der Waals surface area contributed by atoms with Gasteiger partial charge >= 0.3 is 0 Å². The largest absolute Gasteiger partial charge is 0.330 e. The molecule has 52 valence electrons. The minimum Gasteiger partial charge on any atom is -0.330 e. The monoisotopic (exact) mass is 125 g/mol. The van der Waals surface area contributed by atoms with Gasteiger partial charge in [0.25, 0.3) is 0 Å². The van der Waals surface area contributed by atoms with Crippen LogP contribution in [0.5, 0.6) is 0 Å². The van der Waals surface area contributed by atoms with Crippen LogP contribution < -0.4 is 5.73 Å². The van der Waals surface area contributed by atoms with Crippen molar-refractivity contribution in [3.8, 4) is 0 Å². The molecule has 1 nitrogen and oxygen atoms in total. The molecule has 1 aliphatic rings. The van der Waals surface area contributed by atoms with Crippen molar-refractivity contribution in [2.45, 2.75) is 31.5 Å². The Hall–Kier alpha value is 0.0249. The summed E-state index contributed by atoms with van der Waals surface area (Å²) < 4.78 is 0.